The molecule has 1 unspecified atom stereocenters. The van der Waals surface area contributed by atoms with Gasteiger partial charge in [0.2, 0.25) is 0 Å². The van der Waals surface area contributed by atoms with Gasteiger partial charge in [-0.2, -0.15) is 18.3 Å². The molecule has 0 saturated carbocycles. The summed E-state index contributed by atoms with van der Waals surface area (Å²) < 4.78 is 38.2. The van der Waals surface area contributed by atoms with Crippen LogP contribution < -0.4 is 11.3 Å². The first-order chi connectivity index (χ1) is 6.43. The Bertz CT molecular complexity index is 293. The minimum atomic E-state index is -4.35. The molecule has 0 bridgehead atoms. The number of nitrogens with zero attached hydrogens (tertiary/aromatic N) is 2. The Kier molecular flexibility index (Phi) is 3.12. The van der Waals surface area contributed by atoms with E-state index < -0.39 is 12.2 Å². The van der Waals surface area contributed by atoms with E-state index in [1.807, 2.05) is 0 Å². The molecule has 0 aliphatic heterocycles. The highest BCUT2D eigenvalue weighted by Crippen LogP contribution is 2.21. The van der Waals surface area contributed by atoms with Crippen molar-refractivity contribution in [1.82, 2.24) is 15.2 Å². The molecular weight excluding hydrogens is 197 g/mol. The summed E-state index contributed by atoms with van der Waals surface area (Å²) in [4.78, 5) is 0. The van der Waals surface area contributed by atoms with E-state index in [4.69, 9.17) is 5.84 Å². The number of hydrogen-bond donors (Lipinski definition) is 2. The van der Waals surface area contributed by atoms with Gasteiger partial charge in [0.05, 0.1) is 5.69 Å². The van der Waals surface area contributed by atoms with Crippen molar-refractivity contribution < 1.29 is 13.2 Å². The maximum absolute atomic E-state index is 12.2. The molecule has 0 spiro atoms. The number of aromatic nitrogens is 2. The fraction of sp³-hybridized carbons (Fsp3) is 0.571. The summed E-state index contributed by atoms with van der Waals surface area (Å²) in [5.41, 5.74) is 2.08. The fourth-order valence-electron chi connectivity index (χ4n) is 1.05. The number of nitrogens with one attached hydrogen (secondary N) is 1. The third-order valence-corrected chi connectivity index (χ3v) is 1.78. The zero-order valence-corrected chi connectivity index (χ0v) is 7.54. The lowest BCUT2D eigenvalue weighted by Gasteiger charge is -2.17. The molecule has 1 aromatic rings. The molecule has 0 saturated heterocycles. The highest BCUT2D eigenvalue weighted by atomic mass is 19.4. The number of rotatable bonds is 3. The van der Waals surface area contributed by atoms with E-state index >= 15 is 0 Å². The monoisotopic (exact) mass is 208 g/mol. The third kappa shape index (κ3) is 2.71. The molecule has 7 heteroatoms. The molecule has 4 nitrogen and oxygen atoms in total. The summed E-state index contributed by atoms with van der Waals surface area (Å²) >= 11 is 0. The first-order valence-corrected chi connectivity index (χ1v) is 3.95. The Morgan fingerprint density at radius 3 is 2.64 bits per heavy atom. The molecular formula is C7H11F3N4. The van der Waals surface area contributed by atoms with Crippen molar-refractivity contribution in [3.05, 3.63) is 18.0 Å². The van der Waals surface area contributed by atoms with Crippen molar-refractivity contribution >= 4 is 0 Å². The average molecular weight is 208 g/mol. The van der Waals surface area contributed by atoms with Crippen molar-refractivity contribution in [3.63, 3.8) is 0 Å². The molecule has 1 heterocycles. The summed E-state index contributed by atoms with van der Waals surface area (Å²) in [5.74, 6) is 4.81. The molecule has 80 valence electrons. The second-order valence-corrected chi connectivity index (χ2v) is 2.95. The summed E-state index contributed by atoms with van der Waals surface area (Å²) in [7, 11) is 1.64. The van der Waals surface area contributed by atoms with Gasteiger partial charge in [-0.05, 0) is 6.07 Å². The van der Waals surface area contributed by atoms with Crippen LogP contribution in [-0.2, 0) is 13.5 Å². The van der Waals surface area contributed by atoms with Gasteiger partial charge >= 0.3 is 6.18 Å². The number of hydrogen-bond acceptors (Lipinski definition) is 3. The normalized spacial score (nSPS) is 14.4. The van der Waals surface area contributed by atoms with Gasteiger partial charge in [-0.1, -0.05) is 0 Å². The zero-order valence-electron chi connectivity index (χ0n) is 7.54. The molecule has 0 aromatic carbocycles. The predicted molar refractivity (Wildman–Crippen MR) is 44.1 cm³/mol. The molecule has 0 amide bonds. The van der Waals surface area contributed by atoms with Crippen LogP contribution in [0.25, 0.3) is 0 Å². The topological polar surface area (TPSA) is 55.9 Å². The molecule has 0 fully saturated rings. The van der Waals surface area contributed by atoms with Gasteiger partial charge in [0.25, 0.3) is 0 Å². The van der Waals surface area contributed by atoms with Crippen molar-refractivity contribution in [3.8, 4) is 0 Å². The van der Waals surface area contributed by atoms with E-state index in [2.05, 4.69) is 5.10 Å². The van der Waals surface area contributed by atoms with Gasteiger partial charge in [0.15, 0.2) is 0 Å². The number of alkyl halides is 3. The summed E-state index contributed by atoms with van der Waals surface area (Å²) in [5, 5.41) is 3.83. The van der Waals surface area contributed by atoms with Gasteiger partial charge in [0.1, 0.15) is 6.04 Å². The van der Waals surface area contributed by atoms with Gasteiger partial charge in [-0.15, -0.1) is 0 Å². The molecule has 1 atom stereocenters. The van der Waals surface area contributed by atoms with Gasteiger partial charge in [-0.25, -0.2) is 5.43 Å². The van der Waals surface area contributed by atoms with Crippen LogP contribution in [0.15, 0.2) is 12.3 Å². The number of hydrazine groups is 1. The van der Waals surface area contributed by atoms with Crippen LogP contribution in [0.2, 0.25) is 0 Å². The molecule has 14 heavy (non-hydrogen) atoms. The Balaban J connectivity index is 2.66. The number of nitrogens with two attached hydrogens (primary N) is 1. The van der Waals surface area contributed by atoms with Crippen LogP contribution in [0.1, 0.15) is 5.69 Å². The SMILES string of the molecule is Cn1ccc(CC(NN)C(F)(F)F)n1. The molecule has 3 N–H and O–H groups in total. The lowest BCUT2D eigenvalue weighted by Crippen LogP contribution is -2.47. The smallest absolute Gasteiger partial charge is 0.276 e. The Hall–Kier alpha value is -1.08. The minimum Gasteiger partial charge on any atom is -0.276 e. The average Bonchev–Trinajstić information content (AvgIpc) is 2.45. The highest BCUT2D eigenvalue weighted by molar-refractivity contribution is 5.02. The zero-order chi connectivity index (χ0) is 10.8. The summed E-state index contributed by atoms with van der Waals surface area (Å²) in [6.45, 7) is 0. The van der Waals surface area contributed by atoms with E-state index in [-0.39, 0.29) is 6.42 Å². The lowest BCUT2D eigenvalue weighted by atomic mass is 10.1. The van der Waals surface area contributed by atoms with E-state index in [1.165, 1.54) is 10.7 Å². The largest absolute Gasteiger partial charge is 0.405 e. The van der Waals surface area contributed by atoms with Gasteiger partial charge < -0.3 is 0 Å². The van der Waals surface area contributed by atoms with Crippen molar-refractivity contribution in [1.29, 1.82) is 0 Å². The Morgan fingerprint density at radius 1 is 1.64 bits per heavy atom. The second kappa shape index (κ2) is 3.97. The maximum Gasteiger partial charge on any atom is 0.405 e. The molecule has 0 radical (unpaired) electrons. The first-order valence-electron chi connectivity index (χ1n) is 3.95. The van der Waals surface area contributed by atoms with E-state index in [0.717, 1.165) is 0 Å². The van der Waals surface area contributed by atoms with Crippen LogP contribution in [0.3, 0.4) is 0 Å². The Labute approximate surface area is 78.9 Å². The van der Waals surface area contributed by atoms with Crippen LogP contribution in [0.4, 0.5) is 13.2 Å². The molecule has 1 aromatic heterocycles. The van der Waals surface area contributed by atoms with Crippen LogP contribution >= 0.6 is 0 Å². The van der Waals surface area contributed by atoms with E-state index in [0.29, 0.717) is 5.69 Å². The third-order valence-electron chi connectivity index (χ3n) is 1.78. The van der Waals surface area contributed by atoms with E-state index in [1.54, 1.807) is 18.7 Å². The lowest BCUT2D eigenvalue weighted by molar-refractivity contribution is -0.155. The second-order valence-electron chi connectivity index (χ2n) is 2.95. The minimum absolute atomic E-state index is 0.263. The van der Waals surface area contributed by atoms with Crippen LogP contribution in [0.5, 0.6) is 0 Å². The molecule has 0 aliphatic carbocycles. The molecule has 1 rings (SSSR count). The predicted octanol–water partition coefficient (Wildman–Crippen LogP) is 0.357. The van der Waals surface area contributed by atoms with Crippen molar-refractivity contribution in [2.45, 2.75) is 18.6 Å². The van der Waals surface area contributed by atoms with Gasteiger partial charge in [-0.3, -0.25) is 10.5 Å². The summed E-state index contributed by atoms with van der Waals surface area (Å²) in [6, 6.07) is -0.229. The van der Waals surface area contributed by atoms with Gasteiger partial charge in [0, 0.05) is 19.7 Å². The summed E-state index contributed by atoms with van der Waals surface area (Å²) in [6.07, 6.45) is -3.04. The molecule has 0 aliphatic rings. The van der Waals surface area contributed by atoms with E-state index in [9.17, 15) is 13.2 Å². The quantitative estimate of drug-likeness (QED) is 0.557. The fourth-order valence-corrected chi connectivity index (χ4v) is 1.05. The van der Waals surface area contributed by atoms with Crippen molar-refractivity contribution in [2.75, 3.05) is 0 Å². The maximum atomic E-state index is 12.2. The Morgan fingerprint density at radius 2 is 2.29 bits per heavy atom. The van der Waals surface area contributed by atoms with Crippen LogP contribution in [0, 0.1) is 0 Å². The van der Waals surface area contributed by atoms with Crippen molar-refractivity contribution in [2.24, 2.45) is 12.9 Å². The first kappa shape index (κ1) is 11.0. The highest BCUT2D eigenvalue weighted by Gasteiger charge is 2.39. The van der Waals surface area contributed by atoms with Crippen LogP contribution in [-0.4, -0.2) is 22.0 Å². The number of aryl methyl sites for hydroxylation is 1. The number of halogens is 3. The standard InChI is InChI=1S/C7H11F3N4/c1-14-3-2-5(13-14)4-6(12-11)7(8,9)10/h2-3,6,12H,4,11H2,1H3.